The van der Waals surface area contributed by atoms with Crippen LogP contribution in [0.15, 0.2) is 42.5 Å². The van der Waals surface area contributed by atoms with E-state index in [2.05, 4.69) is 0 Å². The van der Waals surface area contributed by atoms with E-state index in [0.717, 1.165) is 5.56 Å². The molecule has 0 radical (unpaired) electrons. The topological polar surface area (TPSA) is 52.6 Å². The molecule has 0 saturated carbocycles. The minimum Gasteiger partial charge on any atom is -0.488 e. The molecule has 0 heterocycles. The summed E-state index contributed by atoms with van der Waals surface area (Å²) in [6.45, 7) is 3.70. The highest BCUT2D eigenvalue weighted by Crippen LogP contribution is 2.23. The molecule has 0 aromatic heterocycles. The van der Waals surface area contributed by atoms with Crippen LogP contribution in [-0.2, 0) is 11.3 Å². The van der Waals surface area contributed by atoms with E-state index in [9.17, 15) is 9.59 Å². The molecule has 2 rings (SSSR count). The molecule has 0 saturated heterocycles. The molecule has 0 N–H and O–H groups in total. The SMILES string of the molecule is CCOC(=O)c1cc(C(C)=O)ccc1OCc1ccc(Cl)cc1. The highest BCUT2D eigenvalue weighted by Gasteiger charge is 2.16. The van der Waals surface area contributed by atoms with Crippen LogP contribution in [0.5, 0.6) is 5.75 Å². The van der Waals surface area contributed by atoms with Gasteiger partial charge in [0.2, 0.25) is 0 Å². The Balaban J connectivity index is 2.23. The molecule has 120 valence electrons. The van der Waals surface area contributed by atoms with Crippen molar-refractivity contribution in [3.8, 4) is 5.75 Å². The zero-order chi connectivity index (χ0) is 16.8. The summed E-state index contributed by atoms with van der Waals surface area (Å²) in [5.41, 5.74) is 1.60. The fourth-order valence-corrected chi connectivity index (χ4v) is 2.11. The molecule has 0 unspecified atom stereocenters. The van der Waals surface area contributed by atoms with Crippen molar-refractivity contribution >= 4 is 23.4 Å². The van der Waals surface area contributed by atoms with Crippen LogP contribution in [0.4, 0.5) is 0 Å². The number of Topliss-reactive ketones (excluding diaryl/α,β-unsaturated/α-hetero) is 1. The second-order valence-corrected chi connectivity index (χ2v) is 5.34. The van der Waals surface area contributed by atoms with Crippen LogP contribution in [-0.4, -0.2) is 18.4 Å². The van der Waals surface area contributed by atoms with Crippen LogP contribution in [0.2, 0.25) is 5.02 Å². The maximum absolute atomic E-state index is 12.1. The lowest BCUT2D eigenvalue weighted by atomic mass is 10.1. The lowest BCUT2D eigenvalue weighted by molar-refractivity contribution is 0.0521. The van der Waals surface area contributed by atoms with Crippen molar-refractivity contribution in [1.29, 1.82) is 0 Å². The van der Waals surface area contributed by atoms with Crippen LogP contribution in [0.1, 0.15) is 40.1 Å². The average Bonchev–Trinajstić information content (AvgIpc) is 2.54. The van der Waals surface area contributed by atoms with Crippen molar-refractivity contribution in [1.82, 2.24) is 0 Å². The molecule has 0 atom stereocenters. The molecule has 23 heavy (non-hydrogen) atoms. The Morgan fingerprint density at radius 1 is 1.09 bits per heavy atom. The number of carbonyl (C=O) groups excluding carboxylic acids is 2. The number of rotatable bonds is 6. The van der Waals surface area contributed by atoms with Crippen LogP contribution >= 0.6 is 11.6 Å². The van der Waals surface area contributed by atoms with Gasteiger partial charge in [0.1, 0.15) is 17.9 Å². The van der Waals surface area contributed by atoms with Crippen molar-refractivity contribution in [3.05, 3.63) is 64.2 Å². The molecule has 2 aromatic rings. The third-order valence-corrected chi connectivity index (χ3v) is 3.44. The van der Waals surface area contributed by atoms with Gasteiger partial charge in [-0.3, -0.25) is 4.79 Å². The first-order chi connectivity index (χ1) is 11.0. The number of ether oxygens (including phenoxy) is 2. The van der Waals surface area contributed by atoms with Gasteiger partial charge in [-0.2, -0.15) is 0 Å². The average molecular weight is 333 g/mol. The van der Waals surface area contributed by atoms with Crippen LogP contribution in [0, 0.1) is 0 Å². The Morgan fingerprint density at radius 3 is 2.39 bits per heavy atom. The number of hydrogen-bond acceptors (Lipinski definition) is 4. The van der Waals surface area contributed by atoms with Gasteiger partial charge < -0.3 is 9.47 Å². The van der Waals surface area contributed by atoms with Crippen LogP contribution in [0.3, 0.4) is 0 Å². The summed E-state index contributed by atoms with van der Waals surface area (Å²) in [5, 5.41) is 0.645. The first kappa shape index (κ1) is 17.0. The van der Waals surface area contributed by atoms with Crippen molar-refractivity contribution in [2.24, 2.45) is 0 Å². The van der Waals surface area contributed by atoms with Gasteiger partial charge in [-0.25, -0.2) is 4.79 Å². The summed E-state index contributed by atoms with van der Waals surface area (Å²) in [4.78, 5) is 23.6. The maximum Gasteiger partial charge on any atom is 0.341 e. The minimum atomic E-state index is -0.512. The Labute approximate surface area is 140 Å². The molecule has 0 aliphatic carbocycles. The number of hydrogen-bond donors (Lipinski definition) is 0. The Hall–Kier alpha value is -2.33. The van der Waals surface area contributed by atoms with E-state index in [1.165, 1.54) is 13.0 Å². The number of benzene rings is 2. The van der Waals surface area contributed by atoms with Gasteiger partial charge in [0.05, 0.1) is 6.61 Å². The van der Waals surface area contributed by atoms with E-state index in [1.54, 1.807) is 31.2 Å². The molecule has 2 aromatic carbocycles. The lowest BCUT2D eigenvalue weighted by Crippen LogP contribution is -2.09. The number of halogens is 1. The van der Waals surface area contributed by atoms with Gasteiger partial charge in [-0.1, -0.05) is 23.7 Å². The van der Waals surface area contributed by atoms with E-state index in [-0.39, 0.29) is 24.6 Å². The van der Waals surface area contributed by atoms with Gasteiger partial charge in [-0.15, -0.1) is 0 Å². The quantitative estimate of drug-likeness (QED) is 0.584. The van der Waals surface area contributed by atoms with Gasteiger partial charge in [0.25, 0.3) is 0 Å². The molecule has 0 aliphatic heterocycles. The third-order valence-electron chi connectivity index (χ3n) is 3.19. The van der Waals surface area contributed by atoms with Gasteiger partial charge in [-0.05, 0) is 49.7 Å². The lowest BCUT2D eigenvalue weighted by Gasteiger charge is -2.12. The molecule has 5 heteroatoms. The molecule has 0 amide bonds. The predicted octanol–water partition coefficient (Wildman–Crippen LogP) is 4.30. The Morgan fingerprint density at radius 2 is 1.78 bits per heavy atom. The number of carbonyl (C=O) groups is 2. The number of ketones is 1. The van der Waals surface area contributed by atoms with Crippen LogP contribution < -0.4 is 4.74 Å². The van der Waals surface area contributed by atoms with E-state index < -0.39 is 5.97 Å². The van der Waals surface area contributed by atoms with Crippen molar-refractivity contribution in [2.45, 2.75) is 20.5 Å². The standard InChI is InChI=1S/C18H17ClO4/c1-3-22-18(21)16-10-14(12(2)20)6-9-17(16)23-11-13-4-7-15(19)8-5-13/h4-10H,3,11H2,1-2H3. The molecular formula is C18H17ClO4. The second kappa shape index (κ2) is 7.79. The molecule has 0 aliphatic rings. The van der Waals surface area contributed by atoms with Gasteiger partial charge >= 0.3 is 5.97 Å². The van der Waals surface area contributed by atoms with Crippen molar-refractivity contribution in [2.75, 3.05) is 6.61 Å². The zero-order valence-electron chi connectivity index (χ0n) is 13.0. The highest BCUT2D eigenvalue weighted by atomic mass is 35.5. The van der Waals surface area contributed by atoms with Gasteiger partial charge in [0.15, 0.2) is 5.78 Å². The third kappa shape index (κ3) is 4.57. The predicted molar refractivity (Wildman–Crippen MR) is 88.2 cm³/mol. The summed E-state index contributed by atoms with van der Waals surface area (Å²) in [6.07, 6.45) is 0. The Kier molecular flexibility index (Phi) is 5.77. The molecule has 0 fully saturated rings. The first-order valence-electron chi connectivity index (χ1n) is 7.20. The monoisotopic (exact) mass is 332 g/mol. The number of esters is 1. The smallest absolute Gasteiger partial charge is 0.341 e. The molecule has 0 bridgehead atoms. The Bertz CT molecular complexity index is 707. The normalized spacial score (nSPS) is 10.2. The zero-order valence-corrected chi connectivity index (χ0v) is 13.7. The van der Waals surface area contributed by atoms with E-state index in [4.69, 9.17) is 21.1 Å². The molecule has 0 spiro atoms. The fraction of sp³-hybridized carbons (Fsp3) is 0.222. The van der Waals surface area contributed by atoms with Crippen molar-refractivity contribution in [3.63, 3.8) is 0 Å². The summed E-state index contributed by atoms with van der Waals surface area (Å²) >= 11 is 5.84. The minimum absolute atomic E-state index is 0.125. The summed E-state index contributed by atoms with van der Waals surface area (Å²) < 4.78 is 10.7. The summed E-state index contributed by atoms with van der Waals surface area (Å²) in [5.74, 6) is -0.259. The molecule has 4 nitrogen and oxygen atoms in total. The largest absolute Gasteiger partial charge is 0.488 e. The summed E-state index contributed by atoms with van der Waals surface area (Å²) in [6, 6.07) is 12.0. The summed E-state index contributed by atoms with van der Waals surface area (Å²) in [7, 11) is 0. The van der Waals surface area contributed by atoms with E-state index in [0.29, 0.717) is 16.3 Å². The molecular weight excluding hydrogens is 316 g/mol. The first-order valence-corrected chi connectivity index (χ1v) is 7.58. The van der Waals surface area contributed by atoms with Gasteiger partial charge in [0, 0.05) is 10.6 Å². The second-order valence-electron chi connectivity index (χ2n) is 4.90. The maximum atomic E-state index is 12.1. The van der Waals surface area contributed by atoms with Crippen molar-refractivity contribution < 1.29 is 19.1 Å². The van der Waals surface area contributed by atoms with E-state index >= 15 is 0 Å². The van der Waals surface area contributed by atoms with E-state index in [1.807, 2.05) is 12.1 Å². The highest BCUT2D eigenvalue weighted by molar-refractivity contribution is 6.30. The fourth-order valence-electron chi connectivity index (χ4n) is 1.98. The van der Waals surface area contributed by atoms with Crippen LogP contribution in [0.25, 0.3) is 0 Å².